The first kappa shape index (κ1) is 16.0. The highest BCUT2D eigenvalue weighted by molar-refractivity contribution is 5.81. The number of hydrogen-bond donors (Lipinski definition) is 1. The number of amides is 1. The Kier molecular flexibility index (Phi) is 5.37. The van der Waals surface area contributed by atoms with Crippen molar-refractivity contribution in [1.82, 2.24) is 15.1 Å². The van der Waals surface area contributed by atoms with Crippen molar-refractivity contribution in [3.63, 3.8) is 0 Å². The van der Waals surface area contributed by atoms with Crippen LogP contribution in [-0.2, 0) is 4.79 Å². The number of likely N-dealkylation sites (N-methyl/N-ethyl adjacent to an activating group) is 1. The second-order valence-corrected chi connectivity index (χ2v) is 6.54. The molecule has 1 heterocycles. The summed E-state index contributed by atoms with van der Waals surface area (Å²) in [5, 5.41) is 3.36. The molecule has 0 spiro atoms. The van der Waals surface area contributed by atoms with E-state index in [1.807, 2.05) is 18.2 Å². The van der Waals surface area contributed by atoms with Crippen LogP contribution in [0.5, 0.6) is 0 Å². The van der Waals surface area contributed by atoms with E-state index in [0.717, 1.165) is 18.5 Å². The van der Waals surface area contributed by atoms with Gasteiger partial charge in [0, 0.05) is 12.6 Å². The molecule has 1 fully saturated rings. The topological polar surface area (TPSA) is 35.6 Å². The van der Waals surface area contributed by atoms with Crippen LogP contribution in [0.4, 0.5) is 0 Å². The Balaban J connectivity index is 2.24. The fraction of sp³-hybridized carbons (Fsp3) is 0.588. The van der Waals surface area contributed by atoms with Crippen LogP contribution in [0.25, 0.3) is 0 Å². The predicted molar refractivity (Wildman–Crippen MR) is 85.8 cm³/mol. The van der Waals surface area contributed by atoms with Crippen LogP contribution in [0.2, 0.25) is 0 Å². The summed E-state index contributed by atoms with van der Waals surface area (Å²) in [6, 6.07) is 10.5. The largest absolute Gasteiger partial charge is 0.318 e. The van der Waals surface area contributed by atoms with Gasteiger partial charge < -0.3 is 9.80 Å². The zero-order valence-electron chi connectivity index (χ0n) is 13.5. The van der Waals surface area contributed by atoms with Gasteiger partial charge in [-0.15, -0.1) is 0 Å². The SMILES string of the molecule is CC(C)CC(CN(C)C)N1C(=O)CNC1c1ccccc1. The lowest BCUT2D eigenvalue weighted by atomic mass is 10.0. The standard InChI is InChI=1S/C17H27N3O/c1-13(2)10-15(12-19(3)4)20-16(21)11-18-17(20)14-8-6-5-7-9-14/h5-9,13,15,17-18H,10-12H2,1-4H3. The number of carbonyl (C=O) groups excluding carboxylic acids is 1. The fourth-order valence-electron chi connectivity index (χ4n) is 3.09. The van der Waals surface area contributed by atoms with E-state index in [1.165, 1.54) is 0 Å². The summed E-state index contributed by atoms with van der Waals surface area (Å²) in [4.78, 5) is 16.6. The Morgan fingerprint density at radius 2 is 1.95 bits per heavy atom. The lowest BCUT2D eigenvalue weighted by Gasteiger charge is -2.35. The Hall–Kier alpha value is -1.39. The highest BCUT2D eigenvalue weighted by atomic mass is 16.2. The third kappa shape index (κ3) is 4.05. The number of hydrogen-bond acceptors (Lipinski definition) is 3. The van der Waals surface area contributed by atoms with Crippen LogP contribution in [0.3, 0.4) is 0 Å². The van der Waals surface area contributed by atoms with E-state index in [0.29, 0.717) is 12.5 Å². The van der Waals surface area contributed by atoms with Gasteiger partial charge in [0.25, 0.3) is 0 Å². The van der Waals surface area contributed by atoms with Crippen molar-refractivity contribution in [2.75, 3.05) is 27.2 Å². The van der Waals surface area contributed by atoms with Crippen molar-refractivity contribution in [1.29, 1.82) is 0 Å². The third-order valence-electron chi connectivity index (χ3n) is 3.84. The van der Waals surface area contributed by atoms with Crippen LogP contribution in [-0.4, -0.2) is 48.9 Å². The molecule has 1 N–H and O–H groups in total. The Morgan fingerprint density at radius 3 is 2.52 bits per heavy atom. The quantitative estimate of drug-likeness (QED) is 0.871. The van der Waals surface area contributed by atoms with Gasteiger partial charge >= 0.3 is 0 Å². The lowest BCUT2D eigenvalue weighted by Crippen LogP contribution is -2.45. The van der Waals surface area contributed by atoms with Gasteiger partial charge in [-0.05, 0) is 32.0 Å². The highest BCUT2D eigenvalue weighted by Gasteiger charge is 2.36. The minimum Gasteiger partial charge on any atom is -0.318 e. The summed E-state index contributed by atoms with van der Waals surface area (Å²) in [5.74, 6) is 0.774. The third-order valence-corrected chi connectivity index (χ3v) is 3.84. The van der Waals surface area contributed by atoms with E-state index in [4.69, 9.17) is 0 Å². The van der Waals surface area contributed by atoms with Gasteiger partial charge in [0.2, 0.25) is 5.91 Å². The van der Waals surface area contributed by atoms with Gasteiger partial charge in [-0.1, -0.05) is 44.2 Å². The van der Waals surface area contributed by atoms with Gasteiger partial charge in [0.15, 0.2) is 0 Å². The molecule has 0 saturated carbocycles. The Morgan fingerprint density at radius 1 is 1.29 bits per heavy atom. The van der Waals surface area contributed by atoms with Crippen LogP contribution in [0.15, 0.2) is 30.3 Å². The molecule has 1 aromatic rings. The maximum Gasteiger partial charge on any atom is 0.238 e. The summed E-state index contributed by atoms with van der Waals surface area (Å²) < 4.78 is 0. The molecule has 1 aliphatic rings. The smallest absolute Gasteiger partial charge is 0.238 e. The number of nitrogens with one attached hydrogen (secondary N) is 1. The molecule has 1 aliphatic heterocycles. The van der Waals surface area contributed by atoms with Crippen LogP contribution < -0.4 is 5.32 Å². The van der Waals surface area contributed by atoms with E-state index in [9.17, 15) is 4.79 Å². The van der Waals surface area contributed by atoms with Crippen LogP contribution in [0, 0.1) is 5.92 Å². The molecule has 116 valence electrons. The minimum absolute atomic E-state index is 0.00222. The fourth-order valence-corrected chi connectivity index (χ4v) is 3.09. The average molecular weight is 289 g/mol. The first-order valence-electron chi connectivity index (χ1n) is 7.73. The van der Waals surface area contributed by atoms with Crippen molar-refractivity contribution in [3.8, 4) is 0 Å². The van der Waals surface area contributed by atoms with E-state index < -0.39 is 0 Å². The van der Waals surface area contributed by atoms with Crippen LogP contribution >= 0.6 is 0 Å². The molecule has 2 unspecified atom stereocenters. The predicted octanol–water partition coefficient (Wildman–Crippen LogP) is 2.09. The molecule has 1 saturated heterocycles. The van der Waals surface area contributed by atoms with Gasteiger partial charge in [-0.25, -0.2) is 0 Å². The van der Waals surface area contributed by atoms with Crippen molar-refractivity contribution >= 4 is 5.91 Å². The zero-order chi connectivity index (χ0) is 15.4. The number of carbonyl (C=O) groups is 1. The molecule has 21 heavy (non-hydrogen) atoms. The maximum atomic E-state index is 12.4. The van der Waals surface area contributed by atoms with Gasteiger partial charge in [-0.2, -0.15) is 0 Å². The molecule has 0 radical (unpaired) electrons. The van der Waals surface area contributed by atoms with Gasteiger partial charge in [0.05, 0.1) is 6.54 Å². The zero-order valence-corrected chi connectivity index (χ0v) is 13.5. The monoisotopic (exact) mass is 289 g/mol. The highest BCUT2D eigenvalue weighted by Crippen LogP contribution is 2.27. The molecule has 0 aromatic heterocycles. The van der Waals surface area contributed by atoms with Gasteiger partial charge in [0.1, 0.15) is 6.17 Å². The van der Waals surface area contributed by atoms with E-state index in [-0.39, 0.29) is 18.1 Å². The first-order chi connectivity index (χ1) is 9.99. The number of rotatable bonds is 6. The number of nitrogens with zero attached hydrogens (tertiary/aromatic N) is 2. The summed E-state index contributed by atoms with van der Waals surface area (Å²) in [5.41, 5.74) is 1.16. The Bertz CT molecular complexity index is 448. The molecule has 1 aromatic carbocycles. The average Bonchev–Trinajstić information content (AvgIpc) is 2.80. The van der Waals surface area contributed by atoms with Crippen molar-refractivity contribution in [2.45, 2.75) is 32.5 Å². The molecule has 2 atom stereocenters. The second-order valence-electron chi connectivity index (χ2n) is 6.54. The summed E-state index contributed by atoms with van der Waals surface area (Å²) in [6.07, 6.45) is 1.02. The van der Waals surface area contributed by atoms with Crippen molar-refractivity contribution < 1.29 is 4.79 Å². The van der Waals surface area contributed by atoms with Crippen molar-refractivity contribution in [2.24, 2.45) is 5.92 Å². The molecular weight excluding hydrogens is 262 g/mol. The summed E-state index contributed by atoms with van der Waals surface area (Å²) in [7, 11) is 4.14. The summed E-state index contributed by atoms with van der Waals surface area (Å²) >= 11 is 0. The summed E-state index contributed by atoms with van der Waals surface area (Å²) in [6.45, 7) is 5.76. The molecule has 2 rings (SSSR count). The van der Waals surface area contributed by atoms with Crippen LogP contribution in [0.1, 0.15) is 32.0 Å². The Labute approximate surface area is 128 Å². The lowest BCUT2D eigenvalue weighted by molar-refractivity contribution is -0.131. The molecule has 4 nitrogen and oxygen atoms in total. The first-order valence-corrected chi connectivity index (χ1v) is 7.73. The van der Waals surface area contributed by atoms with E-state index in [1.54, 1.807) is 0 Å². The molecule has 0 aliphatic carbocycles. The normalized spacial score (nSPS) is 20.6. The van der Waals surface area contributed by atoms with Gasteiger partial charge in [-0.3, -0.25) is 10.1 Å². The molecular formula is C17H27N3O. The second kappa shape index (κ2) is 7.05. The molecule has 0 bridgehead atoms. The van der Waals surface area contributed by atoms with Crippen molar-refractivity contribution in [3.05, 3.63) is 35.9 Å². The number of benzene rings is 1. The maximum absolute atomic E-state index is 12.4. The van der Waals surface area contributed by atoms with E-state index in [2.05, 4.69) is 55.2 Å². The van der Waals surface area contributed by atoms with E-state index >= 15 is 0 Å². The minimum atomic E-state index is 0.00222. The molecule has 1 amide bonds. The molecule has 4 heteroatoms.